The van der Waals surface area contributed by atoms with Crippen molar-refractivity contribution in [1.29, 1.82) is 0 Å². The molecule has 6 nitrogen and oxygen atoms in total. The smallest absolute Gasteiger partial charge is 0.261 e. The predicted octanol–water partition coefficient (Wildman–Crippen LogP) is 4.78. The molecule has 0 saturated carbocycles. The standard InChI is InChI=1S/C22H20Cl2N2O4S/c1-30-21-5-3-2-4-15(21)12-13-25-22(27)19-14-17(24)8-11-20(19)26-31(28,29)18-9-6-16(23)7-10-18/h2-11,14,26H,12-13H2,1H3,(H,25,27). The van der Waals surface area contributed by atoms with Gasteiger partial charge < -0.3 is 10.1 Å². The quantitative estimate of drug-likeness (QED) is 0.487. The number of anilines is 1. The summed E-state index contributed by atoms with van der Waals surface area (Å²) >= 11 is 11.9. The zero-order chi connectivity index (χ0) is 22.4. The first-order valence-electron chi connectivity index (χ1n) is 9.28. The number of nitrogens with one attached hydrogen (secondary N) is 2. The van der Waals surface area contributed by atoms with Crippen molar-refractivity contribution < 1.29 is 17.9 Å². The van der Waals surface area contributed by atoms with Crippen LogP contribution in [0.2, 0.25) is 10.0 Å². The van der Waals surface area contributed by atoms with E-state index in [1.54, 1.807) is 7.11 Å². The minimum Gasteiger partial charge on any atom is -0.496 e. The molecule has 3 rings (SSSR count). The Labute approximate surface area is 191 Å². The third-order valence-electron chi connectivity index (χ3n) is 4.47. The molecule has 3 aromatic carbocycles. The van der Waals surface area contributed by atoms with Crippen molar-refractivity contribution in [2.75, 3.05) is 18.4 Å². The summed E-state index contributed by atoms with van der Waals surface area (Å²) in [6, 6.07) is 17.6. The van der Waals surface area contributed by atoms with Gasteiger partial charge in [-0.05, 0) is 60.5 Å². The number of hydrogen-bond donors (Lipinski definition) is 2. The second-order valence-electron chi connectivity index (χ2n) is 6.57. The third kappa shape index (κ3) is 5.91. The van der Waals surface area contributed by atoms with Crippen molar-refractivity contribution in [1.82, 2.24) is 5.32 Å². The SMILES string of the molecule is COc1ccccc1CCNC(=O)c1cc(Cl)ccc1NS(=O)(=O)c1ccc(Cl)cc1. The van der Waals surface area contributed by atoms with Crippen LogP contribution >= 0.6 is 23.2 Å². The van der Waals surface area contributed by atoms with E-state index in [0.29, 0.717) is 23.0 Å². The van der Waals surface area contributed by atoms with Gasteiger partial charge in [0.15, 0.2) is 0 Å². The molecule has 0 spiro atoms. The molecule has 0 saturated heterocycles. The van der Waals surface area contributed by atoms with Crippen molar-refractivity contribution in [2.24, 2.45) is 0 Å². The fourth-order valence-corrected chi connectivity index (χ4v) is 4.30. The summed E-state index contributed by atoms with van der Waals surface area (Å²) in [4.78, 5) is 12.8. The number of ether oxygens (including phenoxy) is 1. The number of sulfonamides is 1. The fraction of sp³-hybridized carbons (Fsp3) is 0.136. The first-order valence-corrected chi connectivity index (χ1v) is 11.5. The van der Waals surface area contributed by atoms with Crippen LogP contribution in [0.25, 0.3) is 0 Å². The highest BCUT2D eigenvalue weighted by atomic mass is 35.5. The van der Waals surface area contributed by atoms with E-state index in [-0.39, 0.29) is 16.1 Å². The van der Waals surface area contributed by atoms with E-state index in [4.69, 9.17) is 27.9 Å². The van der Waals surface area contributed by atoms with Crippen LogP contribution in [0.15, 0.2) is 71.6 Å². The molecule has 0 aromatic heterocycles. The molecule has 0 fully saturated rings. The summed E-state index contributed by atoms with van der Waals surface area (Å²) in [7, 11) is -2.33. The van der Waals surface area contributed by atoms with Gasteiger partial charge in [-0.1, -0.05) is 41.4 Å². The Morgan fingerprint density at radius 2 is 1.65 bits per heavy atom. The summed E-state index contributed by atoms with van der Waals surface area (Å²) in [6.07, 6.45) is 0.544. The molecule has 0 radical (unpaired) electrons. The van der Waals surface area contributed by atoms with Crippen LogP contribution < -0.4 is 14.8 Å². The number of carbonyl (C=O) groups excluding carboxylic acids is 1. The van der Waals surface area contributed by atoms with Gasteiger partial charge in [0.25, 0.3) is 15.9 Å². The monoisotopic (exact) mass is 478 g/mol. The summed E-state index contributed by atoms with van der Waals surface area (Å²) < 4.78 is 33.2. The van der Waals surface area contributed by atoms with Crippen molar-refractivity contribution in [3.8, 4) is 5.75 Å². The topological polar surface area (TPSA) is 84.5 Å². The lowest BCUT2D eigenvalue weighted by Crippen LogP contribution is -2.27. The molecule has 31 heavy (non-hydrogen) atoms. The number of carbonyl (C=O) groups is 1. The number of amides is 1. The normalized spacial score (nSPS) is 11.1. The van der Waals surface area contributed by atoms with Crippen molar-refractivity contribution in [3.05, 3.63) is 87.9 Å². The summed E-state index contributed by atoms with van der Waals surface area (Å²) in [5.74, 6) is 0.280. The molecular weight excluding hydrogens is 459 g/mol. The van der Waals surface area contributed by atoms with Crippen LogP contribution in [0.3, 0.4) is 0 Å². The molecule has 0 bridgehead atoms. The van der Waals surface area contributed by atoms with E-state index in [0.717, 1.165) is 11.3 Å². The van der Waals surface area contributed by atoms with Gasteiger partial charge in [-0.25, -0.2) is 8.42 Å². The highest BCUT2D eigenvalue weighted by molar-refractivity contribution is 7.92. The zero-order valence-corrected chi connectivity index (χ0v) is 18.9. The van der Waals surface area contributed by atoms with Crippen molar-refractivity contribution in [2.45, 2.75) is 11.3 Å². The fourth-order valence-electron chi connectivity index (χ4n) is 2.93. The van der Waals surface area contributed by atoms with Crippen LogP contribution in [0.1, 0.15) is 15.9 Å². The van der Waals surface area contributed by atoms with Gasteiger partial charge in [0.1, 0.15) is 5.75 Å². The molecule has 3 aromatic rings. The number of methoxy groups -OCH3 is 1. The zero-order valence-electron chi connectivity index (χ0n) is 16.6. The second kappa shape index (κ2) is 10.0. The van der Waals surface area contributed by atoms with Crippen LogP contribution in [-0.4, -0.2) is 28.0 Å². The predicted molar refractivity (Wildman–Crippen MR) is 123 cm³/mol. The highest BCUT2D eigenvalue weighted by Crippen LogP contribution is 2.25. The Balaban J connectivity index is 1.76. The summed E-state index contributed by atoms with van der Waals surface area (Å²) in [6.45, 7) is 0.328. The number of rotatable bonds is 8. The van der Waals surface area contributed by atoms with Crippen molar-refractivity contribution >= 4 is 44.8 Å². The average Bonchev–Trinajstić information content (AvgIpc) is 2.75. The molecule has 162 valence electrons. The molecule has 9 heteroatoms. The van der Waals surface area contributed by atoms with Crippen LogP contribution in [0, 0.1) is 0 Å². The first-order chi connectivity index (χ1) is 14.8. The van der Waals surface area contributed by atoms with Gasteiger partial charge in [-0.15, -0.1) is 0 Å². The Bertz CT molecular complexity index is 1180. The van der Waals surface area contributed by atoms with E-state index in [1.165, 1.54) is 42.5 Å². The molecule has 0 atom stereocenters. The minimum atomic E-state index is -3.92. The molecule has 0 unspecified atom stereocenters. The number of hydrogen-bond acceptors (Lipinski definition) is 4. The van der Waals surface area contributed by atoms with Crippen LogP contribution in [0.5, 0.6) is 5.75 Å². The van der Waals surface area contributed by atoms with E-state index < -0.39 is 15.9 Å². The third-order valence-corrected chi connectivity index (χ3v) is 6.34. The van der Waals surface area contributed by atoms with E-state index >= 15 is 0 Å². The number of halogens is 2. The van der Waals surface area contributed by atoms with Gasteiger partial charge in [-0.2, -0.15) is 0 Å². The lowest BCUT2D eigenvalue weighted by Gasteiger charge is -2.14. The summed E-state index contributed by atoms with van der Waals surface area (Å²) in [5.41, 5.74) is 1.18. The van der Waals surface area contributed by atoms with Crippen molar-refractivity contribution in [3.63, 3.8) is 0 Å². The van der Waals surface area contributed by atoms with Gasteiger partial charge >= 0.3 is 0 Å². The van der Waals surface area contributed by atoms with Gasteiger partial charge in [-0.3, -0.25) is 9.52 Å². The maximum absolute atomic E-state index is 12.8. The highest BCUT2D eigenvalue weighted by Gasteiger charge is 2.19. The van der Waals surface area contributed by atoms with E-state index in [1.807, 2.05) is 24.3 Å². The largest absolute Gasteiger partial charge is 0.496 e. The van der Waals surface area contributed by atoms with Crippen LogP contribution in [0.4, 0.5) is 5.69 Å². The Morgan fingerprint density at radius 1 is 0.968 bits per heavy atom. The second-order valence-corrected chi connectivity index (χ2v) is 9.12. The van der Waals surface area contributed by atoms with Gasteiger partial charge in [0, 0.05) is 16.6 Å². The van der Waals surface area contributed by atoms with Gasteiger partial charge in [0.05, 0.1) is 23.3 Å². The maximum atomic E-state index is 12.8. The molecule has 0 aliphatic rings. The van der Waals surface area contributed by atoms with E-state index in [2.05, 4.69) is 10.0 Å². The molecule has 0 heterocycles. The molecule has 2 N–H and O–H groups in total. The van der Waals surface area contributed by atoms with Crippen LogP contribution in [-0.2, 0) is 16.4 Å². The van der Waals surface area contributed by atoms with E-state index in [9.17, 15) is 13.2 Å². The lowest BCUT2D eigenvalue weighted by atomic mass is 10.1. The average molecular weight is 479 g/mol. The Kier molecular flexibility index (Phi) is 7.43. The minimum absolute atomic E-state index is 0.0226. The first kappa shape index (κ1) is 22.9. The molecule has 0 aliphatic carbocycles. The summed E-state index contributed by atoms with van der Waals surface area (Å²) in [5, 5.41) is 3.52. The molecular formula is C22H20Cl2N2O4S. The lowest BCUT2D eigenvalue weighted by molar-refractivity contribution is 0.0955. The number of para-hydroxylation sites is 1. The van der Waals surface area contributed by atoms with Gasteiger partial charge in [0.2, 0.25) is 0 Å². The molecule has 1 amide bonds. The maximum Gasteiger partial charge on any atom is 0.261 e. The molecule has 0 aliphatic heterocycles. The Hall–Kier alpha value is -2.74. The Morgan fingerprint density at radius 3 is 2.35 bits per heavy atom. The number of benzene rings is 3.